The van der Waals surface area contributed by atoms with Gasteiger partial charge in [0.2, 0.25) is 0 Å². The summed E-state index contributed by atoms with van der Waals surface area (Å²) in [7, 11) is 0. The van der Waals surface area contributed by atoms with Crippen molar-refractivity contribution < 1.29 is 14.1 Å². The van der Waals surface area contributed by atoms with E-state index in [1.807, 2.05) is 18.2 Å². The monoisotopic (exact) mass is 348 g/mol. The number of carbonyl (C=O) groups excluding carboxylic acids is 1. The zero-order chi connectivity index (χ0) is 16.9. The van der Waals surface area contributed by atoms with Crippen molar-refractivity contribution in [3.8, 4) is 0 Å². The number of quaternary nitrogens is 1. The average molecular weight is 349 g/mol. The van der Waals surface area contributed by atoms with Crippen LogP contribution < -0.4 is 15.1 Å². The quantitative estimate of drug-likeness (QED) is 0.884. The SMILES string of the molecule is O=C(C[NH+]1CCN(c2ccccc2)CC1)Nc1cc(Cl)ccc1F. The zero-order valence-electron chi connectivity index (χ0n) is 13.3. The molecule has 1 saturated heterocycles. The Balaban J connectivity index is 1.51. The molecule has 2 N–H and O–H groups in total. The summed E-state index contributed by atoms with van der Waals surface area (Å²) in [5.74, 6) is -0.670. The first-order valence-electron chi connectivity index (χ1n) is 8.00. The van der Waals surface area contributed by atoms with E-state index in [4.69, 9.17) is 11.6 Å². The number of anilines is 2. The number of amides is 1. The van der Waals surface area contributed by atoms with Crippen LogP contribution >= 0.6 is 11.6 Å². The number of rotatable bonds is 4. The molecule has 1 heterocycles. The Hall–Kier alpha value is -2.11. The van der Waals surface area contributed by atoms with E-state index in [1.54, 1.807) is 0 Å². The zero-order valence-corrected chi connectivity index (χ0v) is 14.0. The fourth-order valence-electron chi connectivity index (χ4n) is 2.91. The van der Waals surface area contributed by atoms with Crippen LogP contribution in [-0.4, -0.2) is 38.6 Å². The number of halogens is 2. The minimum Gasteiger partial charge on any atom is -0.360 e. The average Bonchev–Trinajstić information content (AvgIpc) is 2.59. The van der Waals surface area contributed by atoms with Crippen molar-refractivity contribution in [1.82, 2.24) is 0 Å². The second kappa shape index (κ2) is 7.64. The Labute approximate surface area is 145 Å². The van der Waals surface area contributed by atoms with Gasteiger partial charge in [-0.05, 0) is 30.3 Å². The Bertz CT molecular complexity index is 703. The van der Waals surface area contributed by atoms with E-state index in [2.05, 4.69) is 22.3 Å². The predicted molar refractivity (Wildman–Crippen MR) is 94.3 cm³/mol. The van der Waals surface area contributed by atoms with Gasteiger partial charge in [0.05, 0.1) is 31.9 Å². The summed E-state index contributed by atoms with van der Waals surface area (Å²) in [6, 6.07) is 14.4. The lowest BCUT2D eigenvalue weighted by Gasteiger charge is -2.33. The Morgan fingerprint density at radius 3 is 2.58 bits per heavy atom. The molecule has 0 aromatic heterocycles. The van der Waals surface area contributed by atoms with Gasteiger partial charge in [-0.25, -0.2) is 4.39 Å². The van der Waals surface area contributed by atoms with Crippen molar-refractivity contribution >= 4 is 28.9 Å². The van der Waals surface area contributed by atoms with E-state index in [1.165, 1.54) is 28.8 Å². The highest BCUT2D eigenvalue weighted by Gasteiger charge is 2.22. The smallest absolute Gasteiger partial charge is 0.279 e. The van der Waals surface area contributed by atoms with Crippen LogP contribution in [0.3, 0.4) is 0 Å². The van der Waals surface area contributed by atoms with Crippen molar-refractivity contribution in [1.29, 1.82) is 0 Å². The molecule has 4 nitrogen and oxygen atoms in total. The number of carbonyl (C=O) groups is 1. The number of para-hydroxylation sites is 1. The highest BCUT2D eigenvalue weighted by atomic mass is 35.5. The number of piperazine rings is 1. The molecule has 0 radical (unpaired) electrons. The molecule has 1 aliphatic heterocycles. The first-order chi connectivity index (χ1) is 11.6. The van der Waals surface area contributed by atoms with Gasteiger partial charge in [0.15, 0.2) is 6.54 Å². The summed E-state index contributed by atoms with van der Waals surface area (Å²) in [6.45, 7) is 3.88. The molecule has 1 aliphatic rings. The lowest BCUT2D eigenvalue weighted by Crippen LogP contribution is -3.15. The molecule has 126 valence electrons. The van der Waals surface area contributed by atoms with Crippen LogP contribution in [0.1, 0.15) is 0 Å². The first-order valence-corrected chi connectivity index (χ1v) is 8.38. The molecular weight excluding hydrogens is 329 g/mol. The Morgan fingerprint density at radius 1 is 1.17 bits per heavy atom. The third-order valence-electron chi connectivity index (χ3n) is 4.20. The van der Waals surface area contributed by atoms with Gasteiger partial charge in [-0.15, -0.1) is 0 Å². The molecule has 1 fully saturated rings. The van der Waals surface area contributed by atoms with Gasteiger partial charge in [-0.2, -0.15) is 0 Å². The van der Waals surface area contributed by atoms with Crippen LogP contribution in [0.2, 0.25) is 5.02 Å². The number of benzene rings is 2. The van der Waals surface area contributed by atoms with Crippen LogP contribution in [0.15, 0.2) is 48.5 Å². The largest absolute Gasteiger partial charge is 0.360 e. The van der Waals surface area contributed by atoms with E-state index >= 15 is 0 Å². The lowest BCUT2D eigenvalue weighted by atomic mass is 10.2. The van der Waals surface area contributed by atoms with E-state index in [0.29, 0.717) is 11.6 Å². The fourth-order valence-corrected chi connectivity index (χ4v) is 3.08. The van der Waals surface area contributed by atoms with Crippen LogP contribution in [0.4, 0.5) is 15.8 Å². The summed E-state index contributed by atoms with van der Waals surface area (Å²) in [5.41, 5.74) is 1.34. The van der Waals surface area contributed by atoms with Gasteiger partial charge < -0.3 is 15.1 Å². The summed E-state index contributed by atoms with van der Waals surface area (Å²) >= 11 is 5.84. The van der Waals surface area contributed by atoms with Gasteiger partial charge >= 0.3 is 0 Å². The highest BCUT2D eigenvalue weighted by molar-refractivity contribution is 6.30. The normalized spacial score (nSPS) is 15.3. The van der Waals surface area contributed by atoms with Crippen molar-refractivity contribution in [3.05, 3.63) is 59.4 Å². The van der Waals surface area contributed by atoms with Crippen molar-refractivity contribution in [2.24, 2.45) is 0 Å². The summed E-state index contributed by atoms with van der Waals surface area (Å²) in [5, 5.41) is 3.01. The van der Waals surface area contributed by atoms with Crippen LogP contribution in [-0.2, 0) is 4.79 Å². The molecule has 0 saturated carbocycles. The van der Waals surface area contributed by atoms with E-state index in [9.17, 15) is 9.18 Å². The van der Waals surface area contributed by atoms with Crippen molar-refractivity contribution in [2.45, 2.75) is 0 Å². The molecule has 0 spiro atoms. The lowest BCUT2D eigenvalue weighted by molar-refractivity contribution is -0.892. The van der Waals surface area contributed by atoms with Crippen molar-refractivity contribution in [2.75, 3.05) is 42.9 Å². The second-order valence-corrected chi connectivity index (χ2v) is 6.36. The number of nitrogens with one attached hydrogen (secondary N) is 2. The van der Waals surface area contributed by atoms with E-state index in [0.717, 1.165) is 26.2 Å². The third-order valence-corrected chi connectivity index (χ3v) is 4.44. The molecule has 3 rings (SSSR count). The van der Waals surface area contributed by atoms with Crippen LogP contribution in [0.25, 0.3) is 0 Å². The Morgan fingerprint density at radius 2 is 1.88 bits per heavy atom. The highest BCUT2D eigenvalue weighted by Crippen LogP contribution is 2.19. The molecular formula is C18H20ClFN3O+. The Kier molecular flexibility index (Phi) is 5.33. The van der Waals surface area contributed by atoms with Crippen LogP contribution in [0, 0.1) is 5.82 Å². The second-order valence-electron chi connectivity index (χ2n) is 5.92. The molecule has 0 bridgehead atoms. The minimum atomic E-state index is -0.475. The van der Waals surface area contributed by atoms with Gasteiger partial charge in [-0.1, -0.05) is 29.8 Å². The topological polar surface area (TPSA) is 36.8 Å². The minimum absolute atomic E-state index is 0.134. The predicted octanol–water partition coefficient (Wildman–Crippen LogP) is 1.82. The maximum atomic E-state index is 13.7. The van der Waals surface area contributed by atoms with Gasteiger partial charge in [0, 0.05) is 10.7 Å². The molecule has 1 amide bonds. The number of nitrogens with zero attached hydrogens (tertiary/aromatic N) is 1. The standard InChI is InChI=1S/C18H19ClFN3O/c19-14-6-7-16(20)17(12-14)21-18(24)13-22-8-10-23(11-9-22)15-4-2-1-3-5-15/h1-7,12H,8-11,13H2,(H,21,24)/p+1. The fraction of sp³-hybridized carbons (Fsp3) is 0.278. The summed E-state index contributed by atoms with van der Waals surface area (Å²) < 4.78 is 13.7. The molecule has 24 heavy (non-hydrogen) atoms. The van der Waals surface area contributed by atoms with E-state index < -0.39 is 5.82 Å². The van der Waals surface area contributed by atoms with Gasteiger partial charge in [-0.3, -0.25) is 4.79 Å². The maximum absolute atomic E-state index is 13.7. The number of hydrogen-bond acceptors (Lipinski definition) is 2. The van der Waals surface area contributed by atoms with Gasteiger partial charge in [0.25, 0.3) is 5.91 Å². The number of hydrogen-bond donors (Lipinski definition) is 2. The molecule has 2 aromatic carbocycles. The molecule has 2 aromatic rings. The summed E-state index contributed by atoms with van der Waals surface area (Å²) in [4.78, 5) is 15.7. The maximum Gasteiger partial charge on any atom is 0.279 e. The molecule has 0 aliphatic carbocycles. The molecule has 6 heteroatoms. The van der Waals surface area contributed by atoms with E-state index in [-0.39, 0.29) is 11.6 Å². The first kappa shape index (κ1) is 16.7. The summed E-state index contributed by atoms with van der Waals surface area (Å²) in [6.07, 6.45) is 0. The molecule has 0 atom stereocenters. The van der Waals surface area contributed by atoms with Crippen LogP contribution in [0.5, 0.6) is 0 Å². The van der Waals surface area contributed by atoms with Crippen molar-refractivity contribution in [3.63, 3.8) is 0 Å². The molecule has 0 unspecified atom stereocenters. The van der Waals surface area contributed by atoms with Gasteiger partial charge in [0.1, 0.15) is 5.82 Å². The third kappa shape index (κ3) is 4.24.